The number of aliphatic carboxylic acids is 1. The van der Waals surface area contributed by atoms with Crippen LogP contribution in [0.25, 0.3) is 0 Å². The Morgan fingerprint density at radius 2 is 1.74 bits per heavy atom. The monoisotopic (exact) mass is 482 g/mol. The number of carboxylic acids is 1. The zero-order valence-corrected chi connectivity index (χ0v) is 19.0. The first-order valence-electron chi connectivity index (χ1n) is 11.3. The number of nitrogens with zero attached hydrogens (tertiary/aromatic N) is 2. The van der Waals surface area contributed by atoms with Crippen molar-refractivity contribution in [1.82, 2.24) is 20.9 Å². The van der Waals surface area contributed by atoms with Crippen molar-refractivity contribution < 1.29 is 29.1 Å². The van der Waals surface area contributed by atoms with Crippen LogP contribution in [0.15, 0.2) is 4.99 Å². The van der Waals surface area contributed by atoms with E-state index in [9.17, 15) is 29.1 Å². The highest BCUT2D eigenvalue weighted by Gasteiger charge is 2.39. The molecule has 2 saturated heterocycles. The van der Waals surface area contributed by atoms with E-state index >= 15 is 0 Å². The smallest absolute Gasteiger partial charge is 0.326 e. The van der Waals surface area contributed by atoms with Gasteiger partial charge in [0.15, 0.2) is 5.96 Å². The fraction of sp³-hybridized carbons (Fsp3) is 0.700. The summed E-state index contributed by atoms with van der Waals surface area (Å²) in [4.78, 5) is 66.5. The molecule has 0 aromatic heterocycles. The minimum absolute atomic E-state index is 0.0812. The van der Waals surface area contributed by atoms with Gasteiger partial charge in [0.25, 0.3) is 0 Å². The molecule has 2 aliphatic rings. The highest BCUT2D eigenvalue weighted by atomic mass is 16.4. The second kappa shape index (κ2) is 12.7. The molecule has 4 atom stereocenters. The summed E-state index contributed by atoms with van der Waals surface area (Å²) in [6.07, 6.45) is 2.45. The Kier molecular flexibility index (Phi) is 10.0. The maximum absolute atomic E-state index is 13.4. The highest BCUT2D eigenvalue weighted by Crippen LogP contribution is 2.20. The summed E-state index contributed by atoms with van der Waals surface area (Å²) in [5.74, 6) is -3.81. The largest absolute Gasteiger partial charge is 0.480 e. The molecule has 0 radical (unpaired) electrons. The van der Waals surface area contributed by atoms with Gasteiger partial charge in [-0.2, -0.15) is 0 Å². The lowest BCUT2D eigenvalue weighted by Gasteiger charge is -2.30. The molecule has 2 aliphatic heterocycles. The Hall–Kier alpha value is -3.42. The molecule has 190 valence electrons. The van der Waals surface area contributed by atoms with E-state index < -0.39 is 54.3 Å². The van der Waals surface area contributed by atoms with Crippen molar-refractivity contribution in [3.05, 3.63) is 0 Å². The maximum Gasteiger partial charge on any atom is 0.326 e. The van der Waals surface area contributed by atoms with Crippen molar-refractivity contribution in [2.24, 2.45) is 22.2 Å². The first kappa shape index (κ1) is 26.8. The molecular weight excluding hydrogens is 448 g/mol. The average Bonchev–Trinajstić information content (AvgIpc) is 3.46. The number of carbonyl (C=O) groups excluding carboxylic acids is 4. The Balaban J connectivity index is 2.10. The van der Waals surface area contributed by atoms with Crippen LogP contribution in [0.3, 0.4) is 0 Å². The zero-order valence-electron chi connectivity index (χ0n) is 19.0. The van der Waals surface area contributed by atoms with E-state index in [-0.39, 0.29) is 31.4 Å². The van der Waals surface area contributed by atoms with Crippen LogP contribution < -0.4 is 33.2 Å². The molecule has 0 aromatic rings. The average molecular weight is 483 g/mol. The Morgan fingerprint density at radius 1 is 1.03 bits per heavy atom. The number of aliphatic imine (C=N–C) groups is 1. The van der Waals surface area contributed by atoms with Gasteiger partial charge in [-0.1, -0.05) is 0 Å². The molecule has 10 N–H and O–H groups in total. The number of hydrogen-bond acceptors (Lipinski definition) is 7. The fourth-order valence-electron chi connectivity index (χ4n) is 4.11. The molecule has 2 fully saturated rings. The third-order valence-electron chi connectivity index (χ3n) is 5.80. The van der Waals surface area contributed by atoms with Crippen molar-refractivity contribution in [1.29, 1.82) is 0 Å². The highest BCUT2D eigenvalue weighted by molar-refractivity contribution is 5.95. The number of hydrogen-bond donors (Lipinski definition) is 7. The molecule has 2 rings (SSSR count). The molecule has 34 heavy (non-hydrogen) atoms. The van der Waals surface area contributed by atoms with Gasteiger partial charge in [-0.3, -0.25) is 24.2 Å². The Morgan fingerprint density at radius 3 is 2.32 bits per heavy atom. The second-order valence-corrected chi connectivity index (χ2v) is 8.42. The number of primary amides is 1. The molecule has 0 spiro atoms. The summed E-state index contributed by atoms with van der Waals surface area (Å²) in [7, 11) is 0. The number of nitrogens with one attached hydrogen (secondary N) is 3. The number of guanidine groups is 1. The molecule has 0 bridgehead atoms. The topological polar surface area (TPSA) is 235 Å². The summed E-state index contributed by atoms with van der Waals surface area (Å²) in [6.45, 7) is 1.25. The normalized spacial score (nSPS) is 21.4. The van der Waals surface area contributed by atoms with Crippen molar-refractivity contribution in [3.63, 3.8) is 0 Å². The van der Waals surface area contributed by atoms with Crippen LogP contribution in [-0.2, 0) is 24.0 Å². The maximum atomic E-state index is 13.4. The van der Waals surface area contributed by atoms with Crippen LogP contribution in [-0.4, -0.2) is 89.4 Å². The van der Waals surface area contributed by atoms with E-state index in [1.165, 1.54) is 4.90 Å². The zero-order chi connectivity index (χ0) is 25.3. The lowest BCUT2D eigenvalue weighted by Crippen LogP contribution is -2.57. The molecule has 4 unspecified atom stereocenters. The van der Waals surface area contributed by atoms with Crippen LogP contribution >= 0.6 is 0 Å². The summed E-state index contributed by atoms with van der Waals surface area (Å²) in [5, 5.41) is 17.4. The summed E-state index contributed by atoms with van der Waals surface area (Å²) in [6, 6.07) is -3.72. The minimum atomic E-state index is -1.49. The first-order valence-corrected chi connectivity index (χ1v) is 11.3. The van der Waals surface area contributed by atoms with Gasteiger partial charge >= 0.3 is 5.97 Å². The van der Waals surface area contributed by atoms with Gasteiger partial charge in [0.05, 0.1) is 12.5 Å². The second-order valence-electron chi connectivity index (χ2n) is 8.42. The van der Waals surface area contributed by atoms with E-state index in [4.69, 9.17) is 17.2 Å². The number of rotatable bonds is 12. The van der Waals surface area contributed by atoms with Crippen LogP contribution in [0.4, 0.5) is 0 Å². The number of nitrogens with two attached hydrogens (primary N) is 3. The standard InChI is InChI=1S/C20H34N8O6/c21-15(29)10-13(19(33)34)27-17(31)14-6-3-9-28(14)18(32)12(5-2-8-25-20(22)23)26-16(30)11-4-1-7-24-11/h11-14,24H,1-10H2,(H2,21,29)(H,26,30)(H,27,31)(H,33,34)(H4,22,23,25). The Bertz CT molecular complexity index is 809. The van der Waals surface area contributed by atoms with E-state index in [0.29, 0.717) is 32.2 Å². The van der Waals surface area contributed by atoms with Gasteiger partial charge in [0.2, 0.25) is 23.6 Å². The third-order valence-corrected chi connectivity index (χ3v) is 5.80. The molecule has 0 saturated carbocycles. The van der Waals surface area contributed by atoms with Gasteiger partial charge in [0, 0.05) is 13.1 Å². The molecule has 0 aromatic carbocycles. The SMILES string of the molecule is NC(=O)CC(NC(=O)C1CCCN1C(=O)C(CCCN=C(N)N)NC(=O)C1CCCN1)C(=O)O. The van der Waals surface area contributed by atoms with Crippen molar-refractivity contribution in [2.45, 2.75) is 69.1 Å². The minimum Gasteiger partial charge on any atom is -0.480 e. The van der Waals surface area contributed by atoms with Gasteiger partial charge in [-0.15, -0.1) is 0 Å². The number of carboxylic acid groups (broad SMARTS) is 1. The van der Waals surface area contributed by atoms with Crippen molar-refractivity contribution in [2.75, 3.05) is 19.6 Å². The summed E-state index contributed by atoms with van der Waals surface area (Å²) < 4.78 is 0. The van der Waals surface area contributed by atoms with Gasteiger partial charge in [-0.25, -0.2) is 4.79 Å². The number of likely N-dealkylation sites (tertiary alicyclic amines) is 1. The van der Waals surface area contributed by atoms with Gasteiger partial charge < -0.3 is 43.2 Å². The predicted octanol–water partition coefficient (Wildman–Crippen LogP) is -3.29. The van der Waals surface area contributed by atoms with Crippen LogP contribution in [0, 0.1) is 0 Å². The van der Waals surface area contributed by atoms with Crippen LogP contribution in [0.2, 0.25) is 0 Å². The van der Waals surface area contributed by atoms with E-state index in [2.05, 4.69) is 20.9 Å². The van der Waals surface area contributed by atoms with Gasteiger partial charge in [-0.05, 0) is 45.1 Å². The van der Waals surface area contributed by atoms with E-state index in [0.717, 1.165) is 6.42 Å². The van der Waals surface area contributed by atoms with Crippen LogP contribution in [0.5, 0.6) is 0 Å². The van der Waals surface area contributed by atoms with Crippen LogP contribution in [0.1, 0.15) is 44.9 Å². The predicted molar refractivity (Wildman–Crippen MR) is 121 cm³/mol. The summed E-state index contributed by atoms with van der Waals surface area (Å²) >= 11 is 0. The molecule has 14 nitrogen and oxygen atoms in total. The van der Waals surface area contributed by atoms with E-state index in [1.54, 1.807) is 0 Å². The van der Waals surface area contributed by atoms with Crippen molar-refractivity contribution >= 4 is 35.6 Å². The molecule has 0 aliphatic carbocycles. The summed E-state index contributed by atoms with van der Waals surface area (Å²) in [5.41, 5.74) is 15.7. The Labute approximate surface area is 197 Å². The van der Waals surface area contributed by atoms with Gasteiger partial charge in [0.1, 0.15) is 18.1 Å². The van der Waals surface area contributed by atoms with E-state index in [1.807, 2.05) is 0 Å². The fourth-order valence-corrected chi connectivity index (χ4v) is 4.11. The van der Waals surface area contributed by atoms with Crippen molar-refractivity contribution in [3.8, 4) is 0 Å². The molecule has 14 heteroatoms. The lowest BCUT2D eigenvalue weighted by molar-refractivity contribution is -0.146. The third kappa shape index (κ3) is 7.86. The first-order chi connectivity index (χ1) is 16.1. The molecule has 2 heterocycles. The number of amides is 4. The quantitative estimate of drug-likeness (QED) is 0.0837. The number of carbonyl (C=O) groups is 5. The lowest BCUT2D eigenvalue weighted by atomic mass is 10.1. The molecule has 4 amide bonds. The molecular formula is C20H34N8O6.